The lowest BCUT2D eigenvalue weighted by Gasteiger charge is -2.13. The second kappa shape index (κ2) is 3.79. The summed E-state index contributed by atoms with van der Waals surface area (Å²) in [6.07, 6.45) is 2.37. The summed E-state index contributed by atoms with van der Waals surface area (Å²) in [5.41, 5.74) is 1.03. The molecule has 1 aliphatic carbocycles. The van der Waals surface area contributed by atoms with Crippen molar-refractivity contribution in [3.05, 3.63) is 29.0 Å². The van der Waals surface area contributed by atoms with Gasteiger partial charge in [-0.2, -0.15) is 10.1 Å². The SMILES string of the molecule is CC1(C2=NN(c3cccc(Cl)c3F)C(=O)C2)CC1. The van der Waals surface area contributed by atoms with Gasteiger partial charge in [-0.15, -0.1) is 0 Å². The zero-order valence-corrected chi connectivity index (χ0v) is 10.7. The predicted octanol–water partition coefficient (Wildman–Crippen LogP) is 3.37. The summed E-state index contributed by atoms with van der Waals surface area (Å²) in [6, 6.07) is 4.58. The minimum absolute atomic E-state index is 0.00147. The van der Waals surface area contributed by atoms with Crippen LogP contribution < -0.4 is 5.01 Å². The van der Waals surface area contributed by atoms with Crippen LogP contribution in [0, 0.1) is 11.2 Å². The standard InChI is InChI=1S/C13H12ClFN2O/c1-13(5-6-13)10-7-11(18)17(16-10)9-4-2-3-8(14)12(9)15/h2-4H,5-7H2,1H3. The van der Waals surface area contributed by atoms with Crippen molar-refractivity contribution in [3.8, 4) is 0 Å². The van der Waals surface area contributed by atoms with Gasteiger partial charge in [0.15, 0.2) is 5.82 Å². The highest BCUT2D eigenvalue weighted by Gasteiger charge is 2.46. The van der Waals surface area contributed by atoms with E-state index in [9.17, 15) is 9.18 Å². The maximum absolute atomic E-state index is 13.9. The molecule has 1 saturated carbocycles. The Bertz CT molecular complexity index is 566. The summed E-state index contributed by atoms with van der Waals surface area (Å²) < 4.78 is 13.9. The van der Waals surface area contributed by atoms with Crippen molar-refractivity contribution in [2.75, 3.05) is 5.01 Å². The van der Waals surface area contributed by atoms with Crippen LogP contribution in [0.5, 0.6) is 0 Å². The van der Waals surface area contributed by atoms with Crippen molar-refractivity contribution in [2.24, 2.45) is 10.5 Å². The van der Waals surface area contributed by atoms with Crippen LogP contribution in [0.4, 0.5) is 10.1 Å². The first-order valence-electron chi connectivity index (χ1n) is 5.86. The molecule has 0 atom stereocenters. The molecule has 0 radical (unpaired) electrons. The Morgan fingerprint density at radius 1 is 1.44 bits per heavy atom. The van der Waals surface area contributed by atoms with E-state index in [1.165, 1.54) is 12.1 Å². The molecule has 0 N–H and O–H groups in total. The van der Waals surface area contributed by atoms with E-state index in [4.69, 9.17) is 11.6 Å². The van der Waals surface area contributed by atoms with Crippen LogP contribution in [-0.2, 0) is 4.79 Å². The lowest BCUT2D eigenvalue weighted by molar-refractivity contribution is -0.117. The third-order valence-corrected chi connectivity index (χ3v) is 3.92. The Hall–Kier alpha value is -1.42. The molecule has 0 unspecified atom stereocenters. The van der Waals surface area contributed by atoms with Crippen LogP contribution in [0.1, 0.15) is 26.2 Å². The number of carbonyl (C=O) groups is 1. The van der Waals surface area contributed by atoms with E-state index >= 15 is 0 Å². The first-order valence-corrected chi connectivity index (χ1v) is 6.24. The van der Waals surface area contributed by atoms with Crippen molar-refractivity contribution in [3.63, 3.8) is 0 Å². The molecule has 5 heteroatoms. The molecule has 18 heavy (non-hydrogen) atoms. The lowest BCUT2D eigenvalue weighted by atomic mass is 10.0. The Balaban J connectivity index is 1.99. The Kier molecular flexibility index (Phi) is 2.45. The van der Waals surface area contributed by atoms with E-state index in [1.54, 1.807) is 6.07 Å². The molecule has 1 aliphatic heterocycles. The van der Waals surface area contributed by atoms with Gasteiger partial charge in [0.25, 0.3) is 5.91 Å². The highest BCUT2D eigenvalue weighted by atomic mass is 35.5. The van der Waals surface area contributed by atoms with Crippen molar-refractivity contribution in [1.82, 2.24) is 0 Å². The number of carbonyl (C=O) groups excluding carboxylic acids is 1. The zero-order chi connectivity index (χ0) is 12.9. The van der Waals surface area contributed by atoms with Gasteiger partial charge in [-0.1, -0.05) is 24.6 Å². The molecule has 0 spiro atoms. The number of amides is 1. The van der Waals surface area contributed by atoms with E-state index in [-0.39, 0.29) is 28.5 Å². The summed E-state index contributed by atoms with van der Waals surface area (Å²) in [5, 5.41) is 5.42. The molecule has 1 heterocycles. The van der Waals surface area contributed by atoms with Crippen LogP contribution >= 0.6 is 11.6 Å². The maximum Gasteiger partial charge on any atom is 0.253 e. The second-order valence-electron chi connectivity index (χ2n) is 5.06. The molecule has 1 aromatic carbocycles. The Morgan fingerprint density at radius 2 is 2.17 bits per heavy atom. The van der Waals surface area contributed by atoms with Crippen LogP contribution in [0.3, 0.4) is 0 Å². The van der Waals surface area contributed by atoms with Crippen LogP contribution in [0.2, 0.25) is 5.02 Å². The van der Waals surface area contributed by atoms with Crippen LogP contribution in [0.25, 0.3) is 0 Å². The largest absolute Gasteiger partial charge is 0.272 e. The average Bonchev–Trinajstić information content (AvgIpc) is 2.96. The van der Waals surface area contributed by atoms with Gasteiger partial charge in [0.1, 0.15) is 5.69 Å². The minimum atomic E-state index is -0.599. The first-order chi connectivity index (χ1) is 8.51. The van der Waals surface area contributed by atoms with Crippen LogP contribution in [0.15, 0.2) is 23.3 Å². The maximum atomic E-state index is 13.9. The van der Waals surface area contributed by atoms with Crippen molar-refractivity contribution < 1.29 is 9.18 Å². The molecule has 0 bridgehead atoms. The molecular weight excluding hydrogens is 255 g/mol. The van der Waals surface area contributed by atoms with Gasteiger partial charge in [-0.3, -0.25) is 4.79 Å². The van der Waals surface area contributed by atoms with Gasteiger partial charge in [0.05, 0.1) is 17.2 Å². The topological polar surface area (TPSA) is 32.7 Å². The number of rotatable bonds is 2. The fourth-order valence-electron chi connectivity index (χ4n) is 2.08. The van der Waals surface area contributed by atoms with Gasteiger partial charge < -0.3 is 0 Å². The van der Waals surface area contributed by atoms with Gasteiger partial charge in [-0.25, -0.2) is 4.39 Å². The molecule has 1 aromatic rings. The normalized spacial score (nSPS) is 21.2. The summed E-state index contributed by atoms with van der Waals surface area (Å²) in [4.78, 5) is 11.9. The smallest absolute Gasteiger partial charge is 0.253 e. The molecule has 94 valence electrons. The molecule has 3 rings (SSSR count). The highest BCUT2D eigenvalue weighted by Crippen LogP contribution is 2.49. The van der Waals surface area contributed by atoms with Crippen LogP contribution in [-0.4, -0.2) is 11.6 Å². The molecule has 2 aliphatic rings. The van der Waals surface area contributed by atoms with Gasteiger partial charge in [-0.05, 0) is 25.0 Å². The molecule has 0 saturated heterocycles. The monoisotopic (exact) mass is 266 g/mol. The average molecular weight is 267 g/mol. The quantitative estimate of drug-likeness (QED) is 0.808. The van der Waals surface area contributed by atoms with Crippen molar-refractivity contribution in [1.29, 1.82) is 0 Å². The van der Waals surface area contributed by atoms with Crippen molar-refractivity contribution in [2.45, 2.75) is 26.2 Å². The highest BCUT2D eigenvalue weighted by molar-refractivity contribution is 6.31. The second-order valence-corrected chi connectivity index (χ2v) is 5.47. The van der Waals surface area contributed by atoms with E-state index in [2.05, 4.69) is 12.0 Å². The summed E-state index contributed by atoms with van der Waals surface area (Å²) >= 11 is 5.72. The lowest BCUT2D eigenvalue weighted by Crippen LogP contribution is -2.20. The number of hydrogen-bond donors (Lipinski definition) is 0. The minimum Gasteiger partial charge on any atom is -0.272 e. The summed E-state index contributed by atoms with van der Waals surface area (Å²) in [5.74, 6) is -0.794. The fraction of sp³-hybridized carbons (Fsp3) is 0.385. The first kappa shape index (κ1) is 11.7. The predicted molar refractivity (Wildman–Crippen MR) is 68.3 cm³/mol. The summed E-state index contributed by atoms with van der Waals surface area (Å²) in [7, 11) is 0. The van der Waals surface area contributed by atoms with Gasteiger partial charge in [0.2, 0.25) is 0 Å². The van der Waals surface area contributed by atoms with Gasteiger partial charge >= 0.3 is 0 Å². The van der Waals surface area contributed by atoms with E-state index < -0.39 is 5.82 Å². The molecule has 3 nitrogen and oxygen atoms in total. The number of halogens is 2. The number of hydrogen-bond acceptors (Lipinski definition) is 2. The third kappa shape index (κ3) is 1.72. The third-order valence-electron chi connectivity index (χ3n) is 3.63. The zero-order valence-electron chi connectivity index (χ0n) is 9.91. The Labute approximate surface area is 109 Å². The van der Waals surface area contributed by atoms with E-state index in [0.29, 0.717) is 0 Å². The Morgan fingerprint density at radius 3 is 2.83 bits per heavy atom. The number of anilines is 1. The molecule has 1 fully saturated rings. The fourth-order valence-corrected chi connectivity index (χ4v) is 2.25. The molecular formula is C13H12ClFN2O. The number of hydrazone groups is 1. The van der Waals surface area contributed by atoms with Gasteiger partial charge in [0, 0.05) is 5.41 Å². The van der Waals surface area contributed by atoms with E-state index in [0.717, 1.165) is 23.6 Å². The van der Waals surface area contributed by atoms with E-state index in [1.807, 2.05) is 0 Å². The molecule has 0 aromatic heterocycles. The number of nitrogens with zero attached hydrogens (tertiary/aromatic N) is 2. The summed E-state index contributed by atoms with van der Waals surface area (Å²) in [6.45, 7) is 2.08. The van der Waals surface area contributed by atoms with Crippen molar-refractivity contribution >= 4 is 28.9 Å². The molecule has 1 amide bonds. The number of benzene rings is 1.